The molecule has 4 heteroatoms. The molecule has 0 unspecified atom stereocenters. The maximum Gasteiger partial charge on any atom is 0.356 e. The molecule has 1 saturated carbocycles. The monoisotopic (exact) mass is 206 g/mol. The third-order valence-corrected chi connectivity index (χ3v) is 2.86. The first kappa shape index (κ1) is 10.1. The molecule has 80 valence electrons. The summed E-state index contributed by atoms with van der Waals surface area (Å²) in [5.74, 6) is 0.105. The maximum absolute atomic E-state index is 11.3. The molecule has 2 rings (SSSR count). The first-order valence-corrected chi connectivity index (χ1v) is 5.21. The van der Waals surface area contributed by atoms with Gasteiger partial charge >= 0.3 is 5.97 Å². The number of esters is 1. The molecule has 1 heterocycles. The van der Waals surface area contributed by atoms with Crippen molar-refractivity contribution in [2.45, 2.75) is 31.6 Å². The van der Waals surface area contributed by atoms with Crippen LogP contribution in [0.2, 0.25) is 0 Å². The van der Waals surface area contributed by atoms with Crippen molar-refractivity contribution in [1.29, 1.82) is 0 Å². The van der Waals surface area contributed by atoms with Crippen LogP contribution in [-0.2, 0) is 4.74 Å². The predicted octanol–water partition coefficient (Wildman–Crippen LogP) is 1.92. The van der Waals surface area contributed by atoms with Crippen molar-refractivity contribution in [3.05, 3.63) is 23.8 Å². The lowest BCUT2D eigenvalue weighted by molar-refractivity contribution is 0.0593. The summed E-state index contributed by atoms with van der Waals surface area (Å²) >= 11 is 0. The quantitative estimate of drug-likeness (QED) is 0.694. The Morgan fingerprint density at radius 3 is 2.80 bits per heavy atom. The Hall–Kier alpha value is -1.45. The minimum atomic E-state index is -0.392. The molecule has 0 aliphatic heterocycles. The number of nitrogens with zero attached hydrogens (tertiary/aromatic N) is 2. The molecule has 1 aromatic heterocycles. The molecular formula is C11H14N2O2. The van der Waals surface area contributed by atoms with Crippen molar-refractivity contribution < 1.29 is 9.53 Å². The van der Waals surface area contributed by atoms with Gasteiger partial charge in [0, 0.05) is 11.6 Å². The van der Waals surface area contributed by atoms with E-state index in [1.165, 1.54) is 26.3 Å². The Bertz CT molecular complexity index is 359. The van der Waals surface area contributed by atoms with Gasteiger partial charge in [-0.3, -0.25) is 0 Å². The van der Waals surface area contributed by atoms with E-state index in [0.29, 0.717) is 11.6 Å². The van der Waals surface area contributed by atoms with Gasteiger partial charge in [0.05, 0.1) is 7.11 Å². The standard InChI is InChI=1S/C11H14N2O2/c1-15-11(14)10-6-9(12-7-13-10)8-4-2-3-5-8/h6-8H,2-5H2,1H3. The zero-order chi connectivity index (χ0) is 10.7. The van der Waals surface area contributed by atoms with E-state index in [4.69, 9.17) is 0 Å². The number of rotatable bonds is 2. The molecule has 0 amide bonds. The van der Waals surface area contributed by atoms with E-state index in [1.807, 2.05) is 0 Å². The first-order valence-electron chi connectivity index (χ1n) is 5.21. The average Bonchev–Trinajstić information content (AvgIpc) is 2.82. The van der Waals surface area contributed by atoms with Gasteiger partial charge in [0.15, 0.2) is 5.69 Å². The fourth-order valence-electron chi connectivity index (χ4n) is 2.03. The van der Waals surface area contributed by atoms with Crippen molar-refractivity contribution in [3.8, 4) is 0 Å². The molecule has 15 heavy (non-hydrogen) atoms. The maximum atomic E-state index is 11.3. The van der Waals surface area contributed by atoms with E-state index in [0.717, 1.165) is 18.5 Å². The molecule has 0 saturated heterocycles. The van der Waals surface area contributed by atoms with Gasteiger partial charge in [-0.25, -0.2) is 14.8 Å². The zero-order valence-electron chi connectivity index (χ0n) is 8.77. The van der Waals surface area contributed by atoms with E-state index in [2.05, 4.69) is 14.7 Å². The molecule has 0 spiro atoms. The highest BCUT2D eigenvalue weighted by molar-refractivity contribution is 5.87. The van der Waals surface area contributed by atoms with Crippen molar-refractivity contribution in [3.63, 3.8) is 0 Å². The lowest BCUT2D eigenvalue weighted by Gasteiger charge is -2.08. The zero-order valence-corrected chi connectivity index (χ0v) is 8.77. The minimum Gasteiger partial charge on any atom is -0.464 e. The molecule has 0 aromatic carbocycles. The highest BCUT2D eigenvalue weighted by Gasteiger charge is 2.19. The number of methoxy groups -OCH3 is 1. The van der Waals surface area contributed by atoms with Crippen molar-refractivity contribution in [2.24, 2.45) is 0 Å². The van der Waals surface area contributed by atoms with Crippen LogP contribution in [0.15, 0.2) is 12.4 Å². The second-order valence-corrected chi connectivity index (χ2v) is 3.80. The van der Waals surface area contributed by atoms with Crippen LogP contribution in [0.5, 0.6) is 0 Å². The molecule has 1 fully saturated rings. The van der Waals surface area contributed by atoms with Crippen molar-refractivity contribution >= 4 is 5.97 Å². The summed E-state index contributed by atoms with van der Waals surface area (Å²) in [6.45, 7) is 0. The SMILES string of the molecule is COC(=O)c1cc(C2CCCC2)ncn1. The minimum absolute atomic E-state index is 0.356. The number of carbonyl (C=O) groups excluding carboxylic acids is 1. The second-order valence-electron chi connectivity index (χ2n) is 3.80. The number of aromatic nitrogens is 2. The second kappa shape index (κ2) is 4.38. The van der Waals surface area contributed by atoms with E-state index in [-0.39, 0.29) is 0 Å². The summed E-state index contributed by atoms with van der Waals surface area (Å²) in [5.41, 5.74) is 1.33. The van der Waals surface area contributed by atoms with Crippen LogP contribution in [0.1, 0.15) is 47.8 Å². The Morgan fingerprint density at radius 1 is 1.40 bits per heavy atom. The molecule has 1 aromatic rings. The highest BCUT2D eigenvalue weighted by Crippen LogP contribution is 2.32. The van der Waals surface area contributed by atoms with Crippen LogP contribution in [0.4, 0.5) is 0 Å². The summed E-state index contributed by atoms with van der Waals surface area (Å²) in [6, 6.07) is 1.75. The Labute approximate surface area is 88.7 Å². The van der Waals surface area contributed by atoms with Gasteiger partial charge in [-0.1, -0.05) is 12.8 Å². The van der Waals surface area contributed by atoms with E-state index < -0.39 is 5.97 Å². The van der Waals surface area contributed by atoms with Gasteiger partial charge in [-0.05, 0) is 18.9 Å². The fourth-order valence-corrected chi connectivity index (χ4v) is 2.03. The van der Waals surface area contributed by atoms with Crippen molar-refractivity contribution in [2.75, 3.05) is 7.11 Å². The molecule has 0 atom stereocenters. The number of carbonyl (C=O) groups is 1. The van der Waals surface area contributed by atoms with Gasteiger partial charge in [-0.2, -0.15) is 0 Å². The van der Waals surface area contributed by atoms with Crippen LogP contribution in [0, 0.1) is 0 Å². The van der Waals surface area contributed by atoms with Gasteiger partial charge < -0.3 is 4.74 Å². The lowest BCUT2D eigenvalue weighted by Crippen LogP contribution is -2.07. The van der Waals surface area contributed by atoms with E-state index >= 15 is 0 Å². The van der Waals surface area contributed by atoms with E-state index in [9.17, 15) is 4.79 Å². The molecule has 4 nitrogen and oxygen atoms in total. The van der Waals surface area contributed by atoms with Gasteiger partial charge in [0.25, 0.3) is 0 Å². The summed E-state index contributed by atoms with van der Waals surface area (Å²) in [6.07, 6.45) is 6.28. The average molecular weight is 206 g/mol. The Balaban J connectivity index is 2.21. The highest BCUT2D eigenvalue weighted by atomic mass is 16.5. The third-order valence-electron chi connectivity index (χ3n) is 2.86. The summed E-state index contributed by atoms with van der Waals surface area (Å²) in [4.78, 5) is 19.4. The van der Waals surface area contributed by atoms with Gasteiger partial charge in [-0.15, -0.1) is 0 Å². The number of hydrogen-bond donors (Lipinski definition) is 0. The van der Waals surface area contributed by atoms with E-state index in [1.54, 1.807) is 6.07 Å². The first-order chi connectivity index (χ1) is 7.31. The summed E-state index contributed by atoms with van der Waals surface area (Å²) < 4.78 is 4.62. The molecule has 1 aliphatic carbocycles. The molecule has 0 radical (unpaired) electrons. The van der Waals surface area contributed by atoms with Gasteiger partial charge in [0.2, 0.25) is 0 Å². The van der Waals surface area contributed by atoms with Crippen LogP contribution in [0.25, 0.3) is 0 Å². The molecule has 1 aliphatic rings. The largest absolute Gasteiger partial charge is 0.464 e. The summed E-state index contributed by atoms with van der Waals surface area (Å²) in [5, 5.41) is 0. The van der Waals surface area contributed by atoms with Gasteiger partial charge in [0.1, 0.15) is 6.33 Å². The Kier molecular flexibility index (Phi) is 2.94. The molecular weight excluding hydrogens is 192 g/mol. The number of hydrogen-bond acceptors (Lipinski definition) is 4. The number of ether oxygens (including phenoxy) is 1. The summed E-state index contributed by atoms with van der Waals surface area (Å²) in [7, 11) is 1.36. The Morgan fingerprint density at radius 2 is 2.13 bits per heavy atom. The predicted molar refractivity (Wildman–Crippen MR) is 54.6 cm³/mol. The van der Waals surface area contributed by atoms with Crippen LogP contribution >= 0.6 is 0 Å². The molecule has 0 N–H and O–H groups in total. The topological polar surface area (TPSA) is 52.1 Å². The smallest absolute Gasteiger partial charge is 0.356 e. The van der Waals surface area contributed by atoms with Crippen LogP contribution < -0.4 is 0 Å². The molecule has 0 bridgehead atoms. The normalized spacial score (nSPS) is 16.6. The lowest BCUT2D eigenvalue weighted by atomic mass is 10.0. The van der Waals surface area contributed by atoms with Crippen molar-refractivity contribution in [1.82, 2.24) is 9.97 Å². The third kappa shape index (κ3) is 2.14. The fraction of sp³-hybridized carbons (Fsp3) is 0.545. The van der Waals surface area contributed by atoms with Crippen LogP contribution in [0.3, 0.4) is 0 Å². The van der Waals surface area contributed by atoms with Crippen LogP contribution in [-0.4, -0.2) is 23.0 Å².